The molecule has 6 nitrogen and oxygen atoms in total. The SMILES string of the molecule is COC(=O)C(N)CSc1nnc(C)o1. The number of esters is 1. The molecule has 0 aliphatic carbocycles. The molecule has 1 aromatic heterocycles. The van der Waals surface area contributed by atoms with Crippen molar-refractivity contribution in [1.82, 2.24) is 10.2 Å². The van der Waals surface area contributed by atoms with E-state index in [2.05, 4.69) is 14.9 Å². The van der Waals surface area contributed by atoms with E-state index in [4.69, 9.17) is 10.2 Å². The molecule has 0 saturated heterocycles. The third-order valence-electron chi connectivity index (χ3n) is 1.40. The Kier molecular flexibility index (Phi) is 3.90. The molecule has 0 saturated carbocycles. The van der Waals surface area contributed by atoms with Crippen molar-refractivity contribution in [2.45, 2.75) is 18.2 Å². The lowest BCUT2D eigenvalue weighted by Crippen LogP contribution is -2.33. The average molecular weight is 217 g/mol. The van der Waals surface area contributed by atoms with Crippen molar-refractivity contribution < 1.29 is 13.9 Å². The van der Waals surface area contributed by atoms with E-state index in [-0.39, 0.29) is 0 Å². The third-order valence-corrected chi connectivity index (χ3v) is 2.34. The van der Waals surface area contributed by atoms with E-state index < -0.39 is 12.0 Å². The molecule has 14 heavy (non-hydrogen) atoms. The van der Waals surface area contributed by atoms with Gasteiger partial charge in [0.25, 0.3) is 5.22 Å². The van der Waals surface area contributed by atoms with Crippen LogP contribution in [0.3, 0.4) is 0 Å². The van der Waals surface area contributed by atoms with Gasteiger partial charge in [-0.2, -0.15) is 0 Å². The summed E-state index contributed by atoms with van der Waals surface area (Å²) in [6.07, 6.45) is 0. The van der Waals surface area contributed by atoms with Crippen molar-refractivity contribution in [2.75, 3.05) is 12.9 Å². The summed E-state index contributed by atoms with van der Waals surface area (Å²) in [7, 11) is 1.30. The maximum absolute atomic E-state index is 10.9. The average Bonchev–Trinajstić information content (AvgIpc) is 2.59. The fourth-order valence-corrected chi connectivity index (χ4v) is 1.45. The van der Waals surface area contributed by atoms with Gasteiger partial charge < -0.3 is 14.9 Å². The predicted octanol–water partition coefficient (Wildman–Crippen LogP) is -0.0296. The number of thioether (sulfide) groups is 1. The van der Waals surface area contributed by atoms with E-state index in [0.29, 0.717) is 16.9 Å². The summed E-state index contributed by atoms with van der Waals surface area (Å²) < 4.78 is 9.54. The Bertz CT molecular complexity index is 315. The number of aromatic nitrogens is 2. The second kappa shape index (κ2) is 4.97. The first kappa shape index (κ1) is 11.0. The Morgan fingerprint density at radius 2 is 2.43 bits per heavy atom. The third kappa shape index (κ3) is 3.00. The van der Waals surface area contributed by atoms with E-state index >= 15 is 0 Å². The molecule has 0 aliphatic heterocycles. The van der Waals surface area contributed by atoms with Crippen LogP contribution < -0.4 is 5.73 Å². The molecule has 1 rings (SSSR count). The van der Waals surface area contributed by atoms with Crippen LogP contribution >= 0.6 is 11.8 Å². The maximum Gasteiger partial charge on any atom is 0.323 e. The quantitative estimate of drug-likeness (QED) is 0.559. The van der Waals surface area contributed by atoms with Crippen LogP contribution in [0.4, 0.5) is 0 Å². The molecule has 0 amide bonds. The maximum atomic E-state index is 10.9. The fourth-order valence-electron chi connectivity index (χ4n) is 0.717. The monoisotopic (exact) mass is 217 g/mol. The minimum absolute atomic E-state index is 0.355. The van der Waals surface area contributed by atoms with E-state index in [1.807, 2.05) is 0 Å². The van der Waals surface area contributed by atoms with Gasteiger partial charge in [0.1, 0.15) is 6.04 Å². The summed E-state index contributed by atoms with van der Waals surface area (Å²) in [4.78, 5) is 10.9. The van der Waals surface area contributed by atoms with Crippen LogP contribution in [0.15, 0.2) is 9.64 Å². The van der Waals surface area contributed by atoms with Crippen LogP contribution in [0.1, 0.15) is 5.89 Å². The molecular weight excluding hydrogens is 206 g/mol. The Labute approximate surface area is 85.2 Å². The van der Waals surface area contributed by atoms with Gasteiger partial charge in [-0.1, -0.05) is 11.8 Å². The van der Waals surface area contributed by atoms with Gasteiger partial charge >= 0.3 is 5.97 Å². The number of hydrogen-bond donors (Lipinski definition) is 1. The highest BCUT2D eigenvalue weighted by Crippen LogP contribution is 2.16. The van der Waals surface area contributed by atoms with Gasteiger partial charge in [0, 0.05) is 12.7 Å². The molecule has 0 aliphatic rings. The molecule has 0 radical (unpaired) electrons. The van der Waals surface area contributed by atoms with E-state index in [1.54, 1.807) is 6.92 Å². The van der Waals surface area contributed by atoms with Crippen molar-refractivity contribution in [2.24, 2.45) is 5.73 Å². The van der Waals surface area contributed by atoms with E-state index in [0.717, 1.165) is 0 Å². The number of aryl methyl sites for hydroxylation is 1. The van der Waals surface area contributed by atoms with Crippen molar-refractivity contribution in [3.05, 3.63) is 5.89 Å². The molecule has 7 heteroatoms. The Morgan fingerprint density at radius 3 is 2.93 bits per heavy atom. The number of rotatable bonds is 4. The summed E-state index contributed by atoms with van der Waals surface area (Å²) in [5.41, 5.74) is 5.50. The van der Waals surface area contributed by atoms with Crippen LogP contribution in [-0.2, 0) is 9.53 Å². The minimum atomic E-state index is -0.669. The lowest BCUT2D eigenvalue weighted by Gasteiger charge is -2.05. The van der Waals surface area contributed by atoms with Gasteiger partial charge in [-0.3, -0.25) is 4.79 Å². The Balaban J connectivity index is 2.37. The largest absolute Gasteiger partial charge is 0.468 e. The number of carbonyl (C=O) groups is 1. The smallest absolute Gasteiger partial charge is 0.323 e. The standard InChI is InChI=1S/C7H11N3O3S/c1-4-9-10-7(13-4)14-3-5(8)6(11)12-2/h5H,3,8H2,1-2H3. The summed E-state index contributed by atoms with van der Waals surface area (Å²) in [5, 5.41) is 7.78. The van der Waals surface area contributed by atoms with Gasteiger partial charge in [0.2, 0.25) is 5.89 Å². The van der Waals surface area contributed by atoms with Crippen molar-refractivity contribution in [3.8, 4) is 0 Å². The van der Waals surface area contributed by atoms with Crippen LogP contribution in [0.2, 0.25) is 0 Å². The van der Waals surface area contributed by atoms with Crippen LogP contribution in [0.5, 0.6) is 0 Å². The molecule has 0 fully saturated rings. The van der Waals surface area contributed by atoms with Crippen LogP contribution in [-0.4, -0.2) is 35.1 Å². The van der Waals surface area contributed by atoms with E-state index in [1.165, 1.54) is 18.9 Å². The highest BCUT2D eigenvalue weighted by molar-refractivity contribution is 7.99. The normalized spacial score (nSPS) is 12.5. The van der Waals surface area contributed by atoms with Crippen molar-refractivity contribution in [1.29, 1.82) is 0 Å². The van der Waals surface area contributed by atoms with Crippen molar-refractivity contribution in [3.63, 3.8) is 0 Å². The first-order valence-electron chi connectivity index (χ1n) is 3.90. The number of hydrogen-bond acceptors (Lipinski definition) is 7. The van der Waals surface area contributed by atoms with Gasteiger partial charge in [-0.25, -0.2) is 0 Å². The second-order valence-electron chi connectivity index (χ2n) is 2.53. The lowest BCUT2D eigenvalue weighted by atomic mass is 10.4. The number of carbonyl (C=O) groups excluding carboxylic acids is 1. The zero-order chi connectivity index (χ0) is 10.6. The molecule has 1 heterocycles. The van der Waals surface area contributed by atoms with Crippen molar-refractivity contribution >= 4 is 17.7 Å². The topological polar surface area (TPSA) is 91.2 Å². The van der Waals surface area contributed by atoms with Gasteiger partial charge in [-0.15, -0.1) is 10.2 Å². The van der Waals surface area contributed by atoms with Gasteiger partial charge in [-0.05, 0) is 0 Å². The number of ether oxygens (including phenoxy) is 1. The summed E-state index contributed by atoms with van der Waals surface area (Å²) in [6.45, 7) is 1.69. The highest BCUT2D eigenvalue weighted by atomic mass is 32.2. The first-order chi connectivity index (χ1) is 6.63. The Hall–Kier alpha value is -1.08. The van der Waals surface area contributed by atoms with Gasteiger partial charge in [0.15, 0.2) is 0 Å². The molecule has 1 unspecified atom stereocenters. The number of nitrogens with zero attached hydrogens (tertiary/aromatic N) is 2. The number of nitrogens with two attached hydrogens (primary N) is 1. The van der Waals surface area contributed by atoms with Crippen LogP contribution in [0, 0.1) is 6.92 Å². The Morgan fingerprint density at radius 1 is 1.71 bits per heavy atom. The summed E-state index contributed by atoms with van der Waals surface area (Å²) in [6, 6.07) is -0.669. The molecular formula is C7H11N3O3S. The molecule has 1 atom stereocenters. The molecule has 0 spiro atoms. The fraction of sp³-hybridized carbons (Fsp3) is 0.571. The zero-order valence-corrected chi connectivity index (χ0v) is 8.71. The first-order valence-corrected chi connectivity index (χ1v) is 4.88. The number of methoxy groups -OCH3 is 1. The minimum Gasteiger partial charge on any atom is -0.468 e. The molecule has 1 aromatic rings. The van der Waals surface area contributed by atoms with Gasteiger partial charge in [0.05, 0.1) is 7.11 Å². The second-order valence-corrected chi connectivity index (χ2v) is 3.50. The molecule has 2 N–H and O–H groups in total. The predicted molar refractivity (Wildman–Crippen MR) is 49.8 cm³/mol. The molecule has 78 valence electrons. The zero-order valence-electron chi connectivity index (χ0n) is 7.89. The lowest BCUT2D eigenvalue weighted by molar-refractivity contribution is -0.141. The summed E-state index contributed by atoms with van der Waals surface area (Å²) in [5.74, 6) is 0.391. The van der Waals surface area contributed by atoms with Crippen LogP contribution in [0.25, 0.3) is 0 Å². The highest BCUT2D eigenvalue weighted by Gasteiger charge is 2.15. The molecule has 0 aromatic carbocycles. The summed E-state index contributed by atoms with van der Waals surface area (Å²) >= 11 is 1.23. The van der Waals surface area contributed by atoms with E-state index in [9.17, 15) is 4.79 Å². The molecule has 0 bridgehead atoms.